The fourth-order valence-corrected chi connectivity index (χ4v) is 3.78. The summed E-state index contributed by atoms with van der Waals surface area (Å²) in [5.74, 6) is 0.667. The van der Waals surface area contributed by atoms with Gasteiger partial charge in [-0.15, -0.1) is 0 Å². The summed E-state index contributed by atoms with van der Waals surface area (Å²) in [6.45, 7) is 15.2. The van der Waals surface area contributed by atoms with E-state index in [1.807, 2.05) is 24.3 Å². The van der Waals surface area contributed by atoms with Gasteiger partial charge in [-0.1, -0.05) is 59.7 Å². The van der Waals surface area contributed by atoms with Crippen LogP contribution in [0, 0.1) is 0 Å². The molecule has 1 aliphatic rings. The van der Waals surface area contributed by atoms with Crippen molar-refractivity contribution in [3.05, 3.63) is 58.7 Å². The Morgan fingerprint density at radius 2 is 1.62 bits per heavy atom. The van der Waals surface area contributed by atoms with Crippen molar-refractivity contribution in [2.45, 2.75) is 71.8 Å². The number of fused-ring (bicyclic) bond motifs is 1. The van der Waals surface area contributed by atoms with Crippen LogP contribution in [0.4, 0.5) is 0 Å². The monoisotopic (exact) mass is 468 g/mol. The highest BCUT2D eigenvalue weighted by atomic mass is 16.6. The second kappa shape index (κ2) is 10.2. The molecular formula is C28H36O6. The van der Waals surface area contributed by atoms with Crippen molar-refractivity contribution in [2.24, 2.45) is 0 Å². The third-order valence-corrected chi connectivity index (χ3v) is 5.75. The fourth-order valence-electron chi connectivity index (χ4n) is 3.78. The van der Waals surface area contributed by atoms with Gasteiger partial charge in [0.15, 0.2) is 6.10 Å². The Morgan fingerprint density at radius 1 is 0.941 bits per heavy atom. The summed E-state index contributed by atoms with van der Waals surface area (Å²) < 4.78 is 22.2. The molecule has 2 aromatic rings. The standard InChI is InChI=1S/C28H36O6/c1-18(29)31-14-15-32-21-10-8-19(9-11-21)12-13-33-25-22-16-20(27(2,3)4)17-23(28(5,6)7)24(22)34-26(25)30/h8-11,16-17,25H,12-15H2,1-7H3. The zero-order chi connectivity index (χ0) is 25.1. The quantitative estimate of drug-likeness (QED) is 0.292. The molecule has 0 spiro atoms. The molecule has 0 saturated heterocycles. The summed E-state index contributed by atoms with van der Waals surface area (Å²) in [6, 6.07) is 11.9. The predicted octanol–water partition coefficient (Wildman–Crippen LogP) is 5.44. The van der Waals surface area contributed by atoms with E-state index in [1.54, 1.807) is 0 Å². The maximum Gasteiger partial charge on any atom is 0.345 e. The SMILES string of the molecule is CC(=O)OCCOc1ccc(CCOC2C(=O)Oc3c2cc(C(C)(C)C)cc3C(C)(C)C)cc1. The van der Waals surface area contributed by atoms with Gasteiger partial charge in [0.2, 0.25) is 0 Å². The zero-order valence-corrected chi connectivity index (χ0v) is 21.3. The average Bonchev–Trinajstić information content (AvgIpc) is 3.05. The molecule has 1 atom stereocenters. The van der Waals surface area contributed by atoms with E-state index in [1.165, 1.54) is 6.92 Å². The maximum absolute atomic E-state index is 12.7. The Morgan fingerprint density at radius 3 is 2.21 bits per heavy atom. The van der Waals surface area contributed by atoms with Gasteiger partial charge in [0.1, 0.15) is 24.7 Å². The smallest absolute Gasteiger partial charge is 0.345 e. The van der Waals surface area contributed by atoms with Crippen molar-refractivity contribution in [2.75, 3.05) is 19.8 Å². The Balaban J connectivity index is 1.66. The molecule has 6 heteroatoms. The lowest BCUT2D eigenvalue weighted by molar-refractivity contribution is -0.144. The predicted molar refractivity (Wildman–Crippen MR) is 130 cm³/mol. The number of ether oxygens (including phenoxy) is 4. The minimum Gasteiger partial charge on any atom is -0.490 e. The summed E-state index contributed by atoms with van der Waals surface area (Å²) in [5, 5.41) is 0. The second-order valence-electron chi connectivity index (χ2n) is 10.7. The molecule has 0 fully saturated rings. The molecule has 0 bridgehead atoms. The number of hydrogen-bond donors (Lipinski definition) is 0. The van der Waals surface area contributed by atoms with Gasteiger partial charge in [-0.25, -0.2) is 4.79 Å². The van der Waals surface area contributed by atoms with Gasteiger partial charge in [0, 0.05) is 18.1 Å². The van der Waals surface area contributed by atoms with E-state index in [2.05, 4.69) is 53.7 Å². The fraction of sp³-hybridized carbons (Fsp3) is 0.500. The molecule has 1 aliphatic heterocycles. The highest BCUT2D eigenvalue weighted by Crippen LogP contribution is 2.45. The van der Waals surface area contributed by atoms with Crippen LogP contribution in [0.3, 0.4) is 0 Å². The molecule has 0 amide bonds. The lowest BCUT2D eigenvalue weighted by Gasteiger charge is -2.27. The molecule has 0 saturated carbocycles. The molecule has 0 N–H and O–H groups in total. The number of hydrogen-bond acceptors (Lipinski definition) is 6. The van der Waals surface area contributed by atoms with Gasteiger partial charge in [-0.2, -0.15) is 0 Å². The molecule has 1 unspecified atom stereocenters. The molecule has 1 heterocycles. The summed E-state index contributed by atoms with van der Waals surface area (Å²) in [6.07, 6.45) is -0.0694. The first kappa shape index (κ1) is 25.8. The van der Waals surface area contributed by atoms with Gasteiger partial charge in [-0.05, 0) is 46.6 Å². The first-order valence-electron chi connectivity index (χ1n) is 11.7. The van der Waals surface area contributed by atoms with E-state index in [0.717, 1.165) is 22.3 Å². The Kier molecular flexibility index (Phi) is 7.71. The highest BCUT2D eigenvalue weighted by molar-refractivity contribution is 5.86. The van der Waals surface area contributed by atoms with Crippen molar-refractivity contribution < 1.29 is 28.5 Å². The number of esters is 2. The van der Waals surface area contributed by atoms with Crippen LogP contribution in [-0.4, -0.2) is 31.8 Å². The molecule has 6 nitrogen and oxygen atoms in total. The average molecular weight is 469 g/mol. The van der Waals surface area contributed by atoms with E-state index in [0.29, 0.717) is 31.1 Å². The van der Waals surface area contributed by atoms with Crippen molar-refractivity contribution in [1.29, 1.82) is 0 Å². The third kappa shape index (κ3) is 6.38. The highest BCUT2D eigenvalue weighted by Gasteiger charge is 2.39. The van der Waals surface area contributed by atoms with Crippen LogP contribution in [0.5, 0.6) is 11.5 Å². The van der Waals surface area contributed by atoms with Crippen LogP contribution < -0.4 is 9.47 Å². The maximum atomic E-state index is 12.7. The van der Waals surface area contributed by atoms with E-state index in [4.69, 9.17) is 18.9 Å². The first-order valence-corrected chi connectivity index (χ1v) is 11.7. The summed E-state index contributed by atoms with van der Waals surface area (Å²) in [5.41, 5.74) is 3.85. The van der Waals surface area contributed by atoms with Gasteiger partial charge >= 0.3 is 11.9 Å². The second-order valence-corrected chi connectivity index (χ2v) is 10.7. The number of benzene rings is 2. The van der Waals surface area contributed by atoms with Gasteiger partial charge < -0.3 is 18.9 Å². The summed E-state index contributed by atoms with van der Waals surface area (Å²) in [4.78, 5) is 23.5. The lowest BCUT2D eigenvalue weighted by atomic mass is 9.78. The van der Waals surface area contributed by atoms with E-state index < -0.39 is 6.10 Å². The molecule has 2 aromatic carbocycles. The summed E-state index contributed by atoms with van der Waals surface area (Å²) in [7, 11) is 0. The lowest BCUT2D eigenvalue weighted by Crippen LogP contribution is -2.17. The minimum atomic E-state index is -0.720. The Hall–Kier alpha value is -2.86. The normalized spacial score (nSPS) is 15.6. The van der Waals surface area contributed by atoms with Gasteiger partial charge in [0.05, 0.1) is 6.61 Å². The number of carbonyl (C=O) groups is 2. The first-order chi connectivity index (χ1) is 15.9. The van der Waals surface area contributed by atoms with Crippen LogP contribution in [0.2, 0.25) is 0 Å². The van der Waals surface area contributed by atoms with E-state index in [9.17, 15) is 9.59 Å². The van der Waals surface area contributed by atoms with Crippen molar-refractivity contribution >= 4 is 11.9 Å². The van der Waals surface area contributed by atoms with Crippen LogP contribution >= 0.6 is 0 Å². The number of rotatable bonds is 8. The van der Waals surface area contributed by atoms with E-state index in [-0.39, 0.29) is 29.4 Å². The molecular weight excluding hydrogens is 432 g/mol. The molecule has 3 rings (SSSR count). The largest absolute Gasteiger partial charge is 0.490 e. The van der Waals surface area contributed by atoms with Crippen molar-refractivity contribution in [1.82, 2.24) is 0 Å². The molecule has 0 aromatic heterocycles. The summed E-state index contributed by atoms with van der Waals surface area (Å²) >= 11 is 0. The van der Waals surface area contributed by atoms with Gasteiger partial charge in [0.25, 0.3) is 0 Å². The third-order valence-electron chi connectivity index (χ3n) is 5.75. The van der Waals surface area contributed by atoms with Crippen molar-refractivity contribution in [3.8, 4) is 11.5 Å². The van der Waals surface area contributed by atoms with Crippen LogP contribution in [0.15, 0.2) is 36.4 Å². The molecule has 34 heavy (non-hydrogen) atoms. The molecule has 0 aliphatic carbocycles. The molecule has 0 radical (unpaired) electrons. The Labute approximate surface area is 202 Å². The van der Waals surface area contributed by atoms with E-state index >= 15 is 0 Å². The molecule has 184 valence electrons. The zero-order valence-electron chi connectivity index (χ0n) is 21.3. The minimum absolute atomic E-state index is 0.0623. The number of carbonyl (C=O) groups excluding carboxylic acids is 2. The topological polar surface area (TPSA) is 71.1 Å². The van der Waals surface area contributed by atoms with Crippen LogP contribution in [0.1, 0.15) is 76.8 Å². The van der Waals surface area contributed by atoms with Crippen molar-refractivity contribution in [3.63, 3.8) is 0 Å². The van der Waals surface area contributed by atoms with Gasteiger partial charge in [-0.3, -0.25) is 4.79 Å². The Bertz CT molecular complexity index is 1020. The van der Waals surface area contributed by atoms with Crippen LogP contribution in [0.25, 0.3) is 0 Å². The van der Waals surface area contributed by atoms with Crippen LogP contribution in [-0.2, 0) is 36.3 Å².